The van der Waals surface area contributed by atoms with Crippen molar-refractivity contribution in [1.82, 2.24) is 19.9 Å². The van der Waals surface area contributed by atoms with Crippen molar-refractivity contribution in [2.24, 2.45) is 11.8 Å². The molecule has 2 atom stereocenters. The minimum absolute atomic E-state index is 0.109. The summed E-state index contributed by atoms with van der Waals surface area (Å²) in [4.78, 5) is 14.1. The van der Waals surface area contributed by atoms with E-state index in [0.29, 0.717) is 11.8 Å². The van der Waals surface area contributed by atoms with Gasteiger partial charge < -0.3 is 9.47 Å². The fourth-order valence-corrected chi connectivity index (χ4v) is 5.12. The molecule has 2 saturated heterocycles. The summed E-state index contributed by atoms with van der Waals surface area (Å²) in [5.41, 5.74) is -0.462. The van der Waals surface area contributed by atoms with Crippen LogP contribution in [0.1, 0.15) is 39.5 Å². The predicted octanol–water partition coefficient (Wildman–Crippen LogP) is 5.04. The highest BCUT2D eigenvalue weighted by atomic mass is 35.5. The number of alkyl halides is 3. The van der Waals surface area contributed by atoms with E-state index < -0.39 is 29.6 Å². The van der Waals surface area contributed by atoms with E-state index in [-0.39, 0.29) is 29.1 Å². The second kappa shape index (κ2) is 8.78. The number of aromatic nitrogens is 3. The van der Waals surface area contributed by atoms with Gasteiger partial charge in [-0.2, -0.15) is 23.1 Å². The van der Waals surface area contributed by atoms with Crippen molar-refractivity contribution in [1.29, 1.82) is 0 Å². The van der Waals surface area contributed by atoms with Crippen LogP contribution in [0.25, 0.3) is 10.9 Å². The van der Waals surface area contributed by atoms with Gasteiger partial charge in [-0.3, -0.25) is 4.90 Å². The molecule has 0 bridgehead atoms. The molecule has 6 nitrogen and oxygen atoms in total. The molecule has 11 heteroatoms. The minimum Gasteiger partial charge on any atom is -0.467 e. The first kappa shape index (κ1) is 23.2. The molecule has 176 valence electrons. The Hall–Kier alpha value is -1.94. The maximum Gasteiger partial charge on any atom is 0.422 e. The Labute approximate surface area is 188 Å². The summed E-state index contributed by atoms with van der Waals surface area (Å²) in [7, 11) is 0. The van der Waals surface area contributed by atoms with Crippen LogP contribution < -0.4 is 9.47 Å². The van der Waals surface area contributed by atoms with Gasteiger partial charge in [-0.25, -0.2) is 9.37 Å². The quantitative estimate of drug-likeness (QED) is 0.412. The molecule has 2 aromatic heterocycles. The van der Waals surface area contributed by atoms with Gasteiger partial charge in [0.05, 0.1) is 10.9 Å². The van der Waals surface area contributed by atoms with Crippen LogP contribution >= 0.6 is 11.6 Å². The van der Waals surface area contributed by atoms with E-state index in [2.05, 4.69) is 33.7 Å². The third-order valence-corrected chi connectivity index (χ3v) is 6.39. The Bertz CT molecular complexity index is 990. The predicted molar refractivity (Wildman–Crippen MR) is 110 cm³/mol. The van der Waals surface area contributed by atoms with Gasteiger partial charge in [0.1, 0.15) is 12.1 Å². The third-order valence-electron chi connectivity index (χ3n) is 6.12. The standard InChI is InChI=1S/C21H25ClF4N4O2/c1-12(2)6-13-7-20(4-3-5-30(20)9-13)10-32-19-28-16-14(8-27-17(22)15(16)23)18(29-19)31-11-21(24,25)26/h8,12-13H,3-7,9-11H2,1-2H3/t13-,20+/m1/s1. The van der Waals surface area contributed by atoms with E-state index in [9.17, 15) is 17.6 Å². The highest BCUT2D eigenvalue weighted by Gasteiger charge is 2.49. The molecule has 0 aliphatic carbocycles. The average Bonchev–Trinajstić information content (AvgIpc) is 3.23. The van der Waals surface area contributed by atoms with Gasteiger partial charge in [0, 0.05) is 12.7 Å². The van der Waals surface area contributed by atoms with Crippen molar-refractivity contribution in [3.05, 3.63) is 17.2 Å². The summed E-state index contributed by atoms with van der Waals surface area (Å²) in [5.74, 6) is -0.261. The van der Waals surface area contributed by atoms with E-state index in [0.717, 1.165) is 45.0 Å². The zero-order chi connectivity index (χ0) is 23.1. The highest BCUT2D eigenvalue weighted by Crippen LogP contribution is 2.43. The van der Waals surface area contributed by atoms with Crippen LogP contribution in [0.15, 0.2) is 6.20 Å². The minimum atomic E-state index is -4.59. The topological polar surface area (TPSA) is 60.4 Å². The van der Waals surface area contributed by atoms with E-state index in [1.165, 1.54) is 0 Å². The maximum atomic E-state index is 14.5. The summed E-state index contributed by atoms with van der Waals surface area (Å²) in [5, 5.41) is -0.557. The number of rotatable bonds is 7. The van der Waals surface area contributed by atoms with Crippen molar-refractivity contribution >= 4 is 22.5 Å². The smallest absolute Gasteiger partial charge is 0.422 e. The molecule has 2 aliphatic rings. The summed E-state index contributed by atoms with van der Waals surface area (Å²) >= 11 is 5.74. The molecule has 0 N–H and O–H groups in total. The van der Waals surface area contributed by atoms with Crippen LogP contribution in [0.3, 0.4) is 0 Å². The van der Waals surface area contributed by atoms with Crippen molar-refractivity contribution in [3.63, 3.8) is 0 Å². The largest absolute Gasteiger partial charge is 0.467 e. The molecular weight excluding hydrogens is 452 g/mol. The zero-order valence-corrected chi connectivity index (χ0v) is 18.6. The molecule has 0 unspecified atom stereocenters. The van der Waals surface area contributed by atoms with Gasteiger partial charge in [-0.1, -0.05) is 25.4 Å². The lowest BCUT2D eigenvalue weighted by Gasteiger charge is -2.31. The first-order chi connectivity index (χ1) is 15.1. The molecule has 4 rings (SSSR count). The number of hydrogen-bond acceptors (Lipinski definition) is 6. The van der Waals surface area contributed by atoms with Crippen LogP contribution in [0.2, 0.25) is 5.15 Å². The van der Waals surface area contributed by atoms with Crippen molar-refractivity contribution in [2.75, 3.05) is 26.3 Å². The number of fused-ring (bicyclic) bond motifs is 2. The van der Waals surface area contributed by atoms with Gasteiger partial charge in [0.2, 0.25) is 5.88 Å². The second-order valence-electron chi connectivity index (χ2n) is 9.10. The molecule has 2 fully saturated rings. The van der Waals surface area contributed by atoms with Gasteiger partial charge >= 0.3 is 12.2 Å². The summed E-state index contributed by atoms with van der Waals surface area (Å²) < 4.78 is 63.3. The molecule has 0 aromatic carbocycles. The molecule has 2 aromatic rings. The lowest BCUT2D eigenvalue weighted by atomic mass is 9.87. The number of pyridine rings is 1. The van der Waals surface area contributed by atoms with Crippen LogP contribution in [0.5, 0.6) is 11.9 Å². The summed E-state index contributed by atoms with van der Waals surface area (Å²) in [6.07, 6.45) is 0.594. The van der Waals surface area contributed by atoms with Crippen molar-refractivity contribution in [3.8, 4) is 11.9 Å². The third kappa shape index (κ3) is 4.85. The van der Waals surface area contributed by atoms with Gasteiger partial charge in [-0.05, 0) is 44.1 Å². The fourth-order valence-electron chi connectivity index (χ4n) is 4.98. The van der Waals surface area contributed by atoms with Crippen LogP contribution in [-0.4, -0.2) is 57.9 Å². The lowest BCUT2D eigenvalue weighted by Crippen LogP contribution is -2.43. The number of ether oxygens (including phenoxy) is 2. The number of nitrogens with zero attached hydrogens (tertiary/aromatic N) is 4. The molecule has 0 amide bonds. The first-order valence-corrected chi connectivity index (χ1v) is 11.0. The molecule has 0 spiro atoms. The molecule has 32 heavy (non-hydrogen) atoms. The fraction of sp³-hybridized carbons (Fsp3) is 0.667. The number of hydrogen-bond donors (Lipinski definition) is 0. The van der Waals surface area contributed by atoms with Gasteiger partial charge in [-0.15, -0.1) is 0 Å². The van der Waals surface area contributed by atoms with Gasteiger partial charge in [0.25, 0.3) is 0 Å². The van der Waals surface area contributed by atoms with E-state index in [1.807, 2.05) is 0 Å². The van der Waals surface area contributed by atoms with E-state index in [1.54, 1.807) is 0 Å². The Morgan fingerprint density at radius 1 is 1.28 bits per heavy atom. The highest BCUT2D eigenvalue weighted by molar-refractivity contribution is 6.30. The summed E-state index contributed by atoms with van der Waals surface area (Å²) in [6, 6.07) is -0.246. The Kier molecular flexibility index (Phi) is 6.37. The molecule has 0 radical (unpaired) electrons. The SMILES string of the molecule is CC(C)C[C@H]1CN2CCC[C@@]2(COc2nc(OCC(F)(F)F)c3cnc(Cl)c(F)c3n2)C1. The van der Waals surface area contributed by atoms with Crippen LogP contribution in [0.4, 0.5) is 17.6 Å². The zero-order valence-electron chi connectivity index (χ0n) is 17.9. The van der Waals surface area contributed by atoms with Crippen molar-refractivity contribution in [2.45, 2.75) is 51.2 Å². The van der Waals surface area contributed by atoms with E-state index in [4.69, 9.17) is 21.1 Å². The summed E-state index contributed by atoms with van der Waals surface area (Å²) in [6.45, 7) is 5.06. The van der Waals surface area contributed by atoms with Crippen LogP contribution in [-0.2, 0) is 0 Å². The first-order valence-electron chi connectivity index (χ1n) is 10.7. The maximum absolute atomic E-state index is 14.5. The number of halogens is 5. The Morgan fingerprint density at radius 3 is 2.78 bits per heavy atom. The molecule has 2 aliphatic heterocycles. The van der Waals surface area contributed by atoms with E-state index >= 15 is 0 Å². The van der Waals surface area contributed by atoms with Crippen LogP contribution in [0, 0.1) is 17.7 Å². The second-order valence-corrected chi connectivity index (χ2v) is 9.46. The molecular formula is C21H25ClF4N4O2. The molecule has 0 saturated carbocycles. The Balaban J connectivity index is 1.59. The lowest BCUT2D eigenvalue weighted by molar-refractivity contribution is -0.153. The van der Waals surface area contributed by atoms with Gasteiger partial charge in [0.15, 0.2) is 17.6 Å². The normalized spacial score (nSPS) is 23.8. The monoisotopic (exact) mass is 476 g/mol. The average molecular weight is 477 g/mol. The molecule has 4 heterocycles. The van der Waals surface area contributed by atoms with Crippen molar-refractivity contribution < 1.29 is 27.0 Å². The Morgan fingerprint density at radius 2 is 2.06 bits per heavy atom.